The molecule has 1 fully saturated rings. The molecule has 0 bridgehead atoms. The lowest BCUT2D eigenvalue weighted by Crippen LogP contribution is -2.17. The van der Waals surface area contributed by atoms with Gasteiger partial charge in [0.25, 0.3) is 5.91 Å². The molecule has 5 heteroatoms. The first-order chi connectivity index (χ1) is 7.25. The molecule has 1 aliphatic heterocycles. The Morgan fingerprint density at radius 3 is 3.00 bits per heavy atom. The summed E-state index contributed by atoms with van der Waals surface area (Å²) in [6.45, 7) is 0. The largest absolute Gasteiger partial charge is 0.465 e. The van der Waals surface area contributed by atoms with E-state index in [9.17, 15) is 4.79 Å². The van der Waals surface area contributed by atoms with Crippen LogP contribution in [0.5, 0.6) is 0 Å². The maximum absolute atomic E-state index is 11.2. The van der Waals surface area contributed by atoms with Gasteiger partial charge in [-0.2, -0.15) is 0 Å². The second-order valence-corrected chi connectivity index (χ2v) is 4.47. The standard InChI is InChI=1S/C10H7NO2S2/c12-9-8(15-10(14)11-9)5-1-3-7-4-2-6-13-7/h1-6H,(H,11,12,14)/b3-1+,8-5+. The Morgan fingerprint density at radius 1 is 1.53 bits per heavy atom. The molecule has 3 nitrogen and oxygen atoms in total. The summed E-state index contributed by atoms with van der Waals surface area (Å²) in [5, 5.41) is 2.54. The highest BCUT2D eigenvalue weighted by atomic mass is 32.2. The number of thiocarbonyl (C=S) groups is 1. The van der Waals surface area contributed by atoms with Gasteiger partial charge in [0.05, 0.1) is 11.2 Å². The summed E-state index contributed by atoms with van der Waals surface area (Å²) in [4.78, 5) is 11.8. The molecule has 1 N–H and O–H groups in total. The molecular weight excluding hydrogens is 230 g/mol. The van der Waals surface area contributed by atoms with E-state index in [1.807, 2.05) is 6.07 Å². The van der Waals surface area contributed by atoms with E-state index in [1.165, 1.54) is 11.8 Å². The molecule has 1 aromatic heterocycles. The van der Waals surface area contributed by atoms with Gasteiger partial charge in [0, 0.05) is 0 Å². The Bertz CT molecular complexity index is 446. The van der Waals surface area contributed by atoms with E-state index < -0.39 is 0 Å². The Morgan fingerprint density at radius 2 is 2.40 bits per heavy atom. The Hall–Kier alpha value is -1.33. The summed E-state index contributed by atoms with van der Waals surface area (Å²) < 4.78 is 5.59. The molecule has 0 radical (unpaired) electrons. The summed E-state index contributed by atoms with van der Waals surface area (Å²) in [6, 6.07) is 3.64. The van der Waals surface area contributed by atoms with Gasteiger partial charge >= 0.3 is 0 Å². The highest BCUT2D eigenvalue weighted by Gasteiger charge is 2.20. The molecule has 2 heterocycles. The number of furan rings is 1. The van der Waals surface area contributed by atoms with Crippen molar-refractivity contribution < 1.29 is 9.21 Å². The van der Waals surface area contributed by atoms with E-state index in [1.54, 1.807) is 30.6 Å². The van der Waals surface area contributed by atoms with Crippen LogP contribution in [0.25, 0.3) is 6.08 Å². The predicted molar refractivity (Wildman–Crippen MR) is 64.2 cm³/mol. The van der Waals surface area contributed by atoms with Crippen molar-refractivity contribution in [3.8, 4) is 0 Å². The Kier molecular flexibility index (Phi) is 3.03. The number of thioether (sulfide) groups is 1. The zero-order chi connectivity index (χ0) is 10.7. The number of carbonyl (C=O) groups excluding carboxylic acids is 1. The molecular formula is C10H7NO2S2. The minimum absolute atomic E-state index is 0.144. The zero-order valence-electron chi connectivity index (χ0n) is 7.60. The molecule has 1 aliphatic rings. The molecule has 1 saturated heterocycles. The monoisotopic (exact) mass is 237 g/mol. The number of allylic oxidation sites excluding steroid dienone is 2. The van der Waals surface area contributed by atoms with Gasteiger partial charge in [-0.1, -0.05) is 30.1 Å². The van der Waals surface area contributed by atoms with E-state index in [0.717, 1.165) is 5.76 Å². The molecule has 0 aromatic carbocycles. The van der Waals surface area contributed by atoms with Gasteiger partial charge in [-0.15, -0.1) is 0 Å². The molecule has 0 spiro atoms. The van der Waals surface area contributed by atoms with Crippen LogP contribution in [-0.4, -0.2) is 10.2 Å². The number of amides is 1. The number of hydrogen-bond donors (Lipinski definition) is 1. The number of carbonyl (C=O) groups is 1. The van der Waals surface area contributed by atoms with E-state index in [0.29, 0.717) is 9.23 Å². The van der Waals surface area contributed by atoms with Crippen LogP contribution in [0.1, 0.15) is 5.76 Å². The number of rotatable bonds is 2. The fourth-order valence-electron chi connectivity index (χ4n) is 1.05. The van der Waals surface area contributed by atoms with E-state index in [-0.39, 0.29) is 5.91 Å². The summed E-state index contributed by atoms with van der Waals surface area (Å²) in [5.74, 6) is 0.604. The molecule has 0 saturated carbocycles. The lowest BCUT2D eigenvalue weighted by Gasteiger charge is -1.85. The third-order valence-corrected chi connectivity index (χ3v) is 2.87. The van der Waals surface area contributed by atoms with Crippen LogP contribution in [-0.2, 0) is 4.79 Å². The topological polar surface area (TPSA) is 42.2 Å². The number of nitrogens with one attached hydrogen (secondary N) is 1. The van der Waals surface area contributed by atoms with Gasteiger partial charge in [0.2, 0.25) is 0 Å². The quantitative estimate of drug-likeness (QED) is 0.633. The second kappa shape index (κ2) is 4.46. The third-order valence-electron chi connectivity index (χ3n) is 1.69. The normalized spacial score (nSPS) is 19.1. The minimum atomic E-state index is -0.144. The molecule has 2 rings (SSSR count). The fraction of sp³-hybridized carbons (Fsp3) is 0. The van der Waals surface area contributed by atoms with Crippen LogP contribution in [0.4, 0.5) is 0 Å². The molecule has 76 valence electrons. The summed E-state index contributed by atoms with van der Waals surface area (Å²) in [6.07, 6.45) is 6.84. The van der Waals surface area contributed by atoms with Crippen molar-refractivity contribution in [3.63, 3.8) is 0 Å². The fourth-order valence-corrected chi connectivity index (χ4v) is 2.05. The van der Waals surface area contributed by atoms with Crippen molar-refractivity contribution in [1.82, 2.24) is 5.32 Å². The van der Waals surface area contributed by atoms with Crippen molar-refractivity contribution in [1.29, 1.82) is 0 Å². The van der Waals surface area contributed by atoms with Gasteiger partial charge in [-0.25, -0.2) is 0 Å². The first kappa shape index (κ1) is 10.2. The van der Waals surface area contributed by atoms with Gasteiger partial charge in [0.1, 0.15) is 10.1 Å². The summed E-state index contributed by atoms with van der Waals surface area (Å²) >= 11 is 6.11. The highest BCUT2D eigenvalue weighted by molar-refractivity contribution is 8.26. The lowest BCUT2D eigenvalue weighted by molar-refractivity contribution is -0.115. The van der Waals surface area contributed by atoms with E-state index >= 15 is 0 Å². The van der Waals surface area contributed by atoms with Crippen molar-refractivity contribution in [3.05, 3.63) is 41.2 Å². The molecule has 1 aromatic rings. The lowest BCUT2D eigenvalue weighted by atomic mass is 10.3. The maximum Gasteiger partial charge on any atom is 0.263 e. The van der Waals surface area contributed by atoms with Gasteiger partial charge in [-0.3, -0.25) is 4.79 Å². The molecule has 1 amide bonds. The smallest absolute Gasteiger partial charge is 0.263 e. The van der Waals surface area contributed by atoms with Crippen LogP contribution >= 0.6 is 24.0 Å². The minimum Gasteiger partial charge on any atom is -0.465 e. The van der Waals surface area contributed by atoms with Crippen molar-refractivity contribution in [2.24, 2.45) is 0 Å². The summed E-state index contributed by atoms with van der Waals surface area (Å²) in [7, 11) is 0. The first-order valence-electron chi connectivity index (χ1n) is 4.21. The van der Waals surface area contributed by atoms with Gasteiger partial charge in [-0.05, 0) is 24.3 Å². The predicted octanol–water partition coefficient (Wildman–Crippen LogP) is 2.32. The van der Waals surface area contributed by atoms with E-state index in [2.05, 4.69) is 5.32 Å². The van der Waals surface area contributed by atoms with Crippen molar-refractivity contribution >= 4 is 40.3 Å². The highest BCUT2D eigenvalue weighted by Crippen LogP contribution is 2.23. The Balaban J connectivity index is 2.06. The van der Waals surface area contributed by atoms with Gasteiger partial charge in [0.15, 0.2) is 0 Å². The van der Waals surface area contributed by atoms with Crippen LogP contribution in [0.3, 0.4) is 0 Å². The molecule has 15 heavy (non-hydrogen) atoms. The zero-order valence-corrected chi connectivity index (χ0v) is 9.23. The molecule has 0 aliphatic carbocycles. The van der Waals surface area contributed by atoms with Crippen LogP contribution in [0, 0.1) is 0 Å². The Labute approximate surface area is 96.2 Å². The average molecular weight is 237 g/mol. The van der Waals surface area contributed by atoms with Gasteiger partial charge < -0.3 is 9.73 Å². The SMILES string of the molecule is O=C1NC(=S)S/C1=C/C=C/c1ccco1. The van der Waals surface area contributed by atoms with Crippen LogP contribution in [0.2, 0.25) is 0 Å². The maximum atomic E-state index is 11.2. The van der Waals surface area contributed by atoms with Crippen molar-refractivity contribution in [2.45, 2.75) is 0 Å². The van der Waals surface area contributed by atoms with Crippen LogP contribution in [0.15, 0.2) is 39.9 Å². The molecule has 0 unspecified atom stereocenters. The molecule has 0 atom stereocenters. The van der Waals surface area contributed by atoms with Crippen molar-refractivity contribution in [2.75, 3.05) is 0 Å². The second-order valence-electron chi connectivity index (χ2n) is 2.75. The first-order valence-corrected chi connectivity index (χ1v) is 5.43. The average Bonchev–Trinajstić information content (AvgIpc) is 2.77. The van der Waals surface area contributed by atoms with E-state index in [4.69, 9.17) is 16.6 Å². The summed E-state index contributed by atoms with van der Waals surface area (Å²) in [5.41, 5.74) is 0. The number of hydrogen-bond acceptors (Lipinski definition) is 4. The van der Waals surface area contributed by atoms with Crippen LogP contribution < -0.4 is 5.32 Å². The third kappa shape index (κ3) is 2.57.